The smallest absolute Gasteiger partial charge is 0.0556 e. The number of rotatable bonds is 4. The van der Waals surface area contributed by atoms with Crippen LogP contribution in [-0.2, 0) is 6.54 Å². The zero-order chi connectivity index (χ0) is 7.94. The molecule has 0 saturated carbocycles. The van der Waals surface area contributed by atoms with E-state index < -0.39 is 0 Å². The second-order valence-corrected chi connectivity index (χ2v) is 2.39. The number of hydrogen-bond acceptors (Lipinski definition) is 2. The van der Waals surface area contributed by atoms with E-state index in [2.05, 4.69) is 17.4 Å². The third kappa shape index (κ3) is 4.34. The Balaban J connectivity index is 0.00000121. The molecule has 0 saturated heterocycles. The summed E-state index contributed by atoms with van der Waals surface area (Å²) < 4.78 is 0. The predicted molar refractivity (Wildman–Crippen MR) is 52.5 cm³/mol. The van der Waals surface area contributed by atoms with Gasteiger partial charge in [-0.3, -0.25) is 0 Å². The van der Waals surface area contributed by atoms with E-state index in [1.165, 1.54) is 5.56 Å². The number of aliphatic hydroxyl groups is 1. The lowest BCUT2D eigenvalue weighted by atomic mass is 10.2. The second kappa shape index (κ2) is 7.10. The first kappa shape index (κ1) is 11.4. The van der Waals surface area contributed by atoms with Crippen LogP contribution in [0.2, 0.25) is 0 Å². The van der Waals surface area contributed by atoms with Gasteiger partial charge >= 0.3 is 0 Å². The van der Waals surface area contributed by atoms with E-state index in [1.54, 1.807) is 0 Å². The number of benzene rings is 1. The van der Waals surface area contributed by atoms with Crippen molar-refractivity contribution < 1.29 is 5.11 Å². The predicted octanol–water partition coefficient (Wildman–Crippen LogP) is 1.19. The van der Waals surface area contributed by atoms with Crippen molar-refractivity contribution in [3.63, 3.8) is 0 Å². The molecule has 1 rings (SSSR count). The lowest BCUT2D eigenvalue weighted by Crippen LogP contribution is -2.17. The van der Waals surface area contributed by atoms with Crippen LogP contribution >= 0.6 is 12.4 Å². The van der Waals surface area contributed by atoms with Crippen molar-refractivity contribution in [3.8, 4) is 0 Å². The van der Waals surface area contributed by atoms with Crippen LogP contribution in [0.15, 0.2) is 30.3 Å². The molecule has 0 amide bonds. The summed E-state index contributed by atoms with van der Waals surface area (Å²) in [7, 11) is 0. The Hall–Kier alpha value is -0.570. The molecule has 0 unspecified atom stereocenters. The van der Waals surface area contributed by atoms with Crippen LogP contribution in [0, 0.1) is 0 Å². The Bertz CT molecular complexity index is 191. The Morgan fingerprint density at radius 2 is 1.83 bits per heavy atom. The van der Waals surface area contributed by atoms with E-state index in [4.69, 9.17) is 5.11 Å². The Morgan fingerprint density at radius 3 is 2.42 bits per heavy atom. The van der Waals surface area contributed by atoms with Crippen molar-refractivity contribution in [2.75, 3.05) is 13.2 Å². The molecule has 3 heteroatoms. The van der Waals surface area contributed by atoms with Gasteiger partial charge in [0, 0.05) is 13.1 Å². The van der Waals surface area contributed by atoms with E-state index in [0.717, 1.165) is 6.54 Å². The summed E-state index contributed by atoms with van der Waals surface area (Å²) >= 11 is 0. The van der Waals surface area contributed by atoms with Gasteiger partial charge in [0.2, 0.25) is 0 Å². The largest absolute Gasteiger partial charge is 0.395 e. The molecule has 12 heavy (non-hydrogen) atoms. The van der Waals surface area contributed by atoms with Crippen LogP contribution in [0.5, 0.6) is 0 Å². The molecule has 0 bridgehead atoms. The maximum absolute atomic E-state index is 8.48. The third-order valence-electron chi connectivity index (χ3n) is 1.46. The molecule has 0 heterocycles. The van der Waals surface area contributed by atoms with Crippen LogP contribution in [0.1, 0.15) is 5.56 Å². The van der Waals surface area contributed by atoms with Crippen LogP contribution in [0.4, 0.5) is 0 Å². The first-order valence-corrected chi connectivity index (χ1v) is 3.79. The van der Waals surface area contributed by atoms with Crippen LogP contribution in [0.25, 0.3) is 0 Å². The topological polar surface area (TPSA) is 32.3 Å². The van der Waals surface area contributed by atoms with Gasteiger partial charge in [0.25, 0.3) is 0 Å². The van der Waals surface area contributed by atoms with Gasteiger partial charge in [-0.1, -0.05) is 30.3 Å². The average molecular weight is 188 g/mol. The fourth-order valence-electron chi connectivity index (χ4n) is 0.908. The maximum atomic E-state index is 8.48. The van der Waals surface area contributed by atoms with Crippen molar-refractivity contribution in [1.82, 2.24) is 5.32 Å². The monoisotopic (exact) mass is 187 g/mol. The molecule has 0 aliphatic carbocycles. The van der Waals surface area contributed by atoms with Gasteiger partial charge in [0.1, 0.15) is 0 Å². The summed E-state index contributed by atoms with van der Waals surface area (Å²) in [4.78, 5) is 0. The fraction of sp³-hybridized carbons (Fsp3) is 0.333. The molecular formula is C9H14ClNO. The Labute approximate surface area is 79.0 Å². The molecule has 0 aliphatic heterocycles. The molecule has 68 valence electrons. The molecule has 2 N–H and O–H groups in total. The third-order valence-corrected chi connectivity index (χ3v) is 1.46. The maximum Gasteiger partial charge on any atom is 0.0556 e. The second-order valence-electron chi connectivity index (χ2n) is 2.39. The summed E-state index contributed by atoms with van der Waals surface area (Å²) in [6, 6.07) is 10.1. The van der Waals surface area contributed by atoms with Gasteiger partial charge in [0.15, 0.2) is 0 Å². The molecular weight excluding hydrogens is 174 g/mol. The van der Waals surface area contributed by atoms with Gasteiger partial charge in [-0.15, -0.1) is 12.4 Å². The van der Waals surface area contributed by atoms with Crippen molar-refractivity contribution in [2.45, 2.75) is 6.54 Å². The summed E-state index contributed by atoms with van der Waals surface area (Å²) in [5, 5.41) is 11.6. The highest BCUT2D eigenvalue weighted by Crippen LogP contribution is 1.96. The van der Waals surface area contributed by atoms with Gasteiger partial charge in [-0.25, -0.2) is 0 Å². The minimum atomic E-state index is 0. The van der Waals surface area contributed by atoms with Gasteiger partial charge < -0.3 is 10.4 Å². The van der Waals surface area contributed by atoms with Crippen molar-refractivity contribution in [2.24, 2.45) is 0 Å². The highest BCUT2D eigenvalue weighted by atomic mass is 35.5. The molecule has 1 aromatic rings. The molecule has 0 fully saturated rings. The van der Waals surface area contributed by atoms with Gasteiger partial charge in [0.05, 0.1) is 6.61 Å². The molecule has 1 aromatic carbocycles. The molecule has 0 atom stereocenters. The summed E-state index contributed by atoms with van der Waals surface area (Å²) in [6.07, 6.45) is 0. The SMILES string of the molecule is Cl.OCCNCc1ccccc1. The summed E-state index contributed by atoms with van der Waals surface area (Å²) in [6.45, 7) is 1.70. The minimum Gasteiger partial charge on any atom is -0.395 e. The van der Waals surface area contributed by atoms with Gasteiger partial charge in [-0.2, -0.15) is 0 Å². The Kier molecular flexibility index (Phi) is 6.76. The molecule has 0 aliphatic rings. The number of aliphatic hydroxyl groups excluding tert-OH is 1. The number of halogens is 1. The summed E-state index contributed by atoms with van der Waals surface area (Å²) in [5.74, 6) is 0. The summed E-state index contributed by atoms with van der Waals surface area (Å²) in [5.41, 5.74) is 1.25. The fourth-order valence-corrected chi connectivity index (χ4v) is 0.908. The highest BCUT2D eigenvalue weighted by Gasteiger charge is 1.87. The molecule has 0 radical (unpaired) electrons. The van der Waals surface area contributed by atoms with Crippen molar-refractivity contribution in [3.05, 3.63) is 35.9 Å². The normalized spacial score (nSPS) is 9.08. The van der Waals surface area contributed by atoms with Crippen LogP contribution in [-0.4, -0.2) is 18.3 Å². The van der Waals surface area contributed by atoms with E-state index in [-0.39, 0.29) is 19.0 Å². The Morgan fingerprint density at radius 1 is 1.17 bits per heavy atom. The first-order chi connectivity index (χ1) is 5.43. The first-order valence-electron chi connectivity index (χ1n) is 3.79. The lowest BCUT2D eigenvalue weighted by Gasteiger charge is -2.01. The number of hydrogen-bond donors (Lipinski definition) is 2. The standard InChI is InChI=1S/C9H13NO.ClH/c11-7-6-10-8-9-4-2-1-3-5-9;/h1-5,10-11H,6-8H2;1H. The van der Waals surface area contributed by atoms with Crippen molar-refractivity contribution >= 4 is 12.4 Å². The zero-order valence-corrected chi connectivity index (χ0v) is 7.68. The van der Waals surface area contributed by atoms with Crippen LogP contribution < -0.4 is 5.32 Å². The van der Waals surface area contributed by atoms with E-state index in [9.17, 15) is 0 Å². The zero-order valence-electron chi connectivity index (χ0n) is 6.86. The van der Waals surface area contributed by atoms with Crippen LogP contribution in [0.3, 0.4) is 0 Å². The van der Waals surface area contributed by atoms with E-state index >= 15 is 0 Å². The molecule has 2 nitrogen and oxygen atoms in total. The van der Waals surface area contributed by atoms with E-state index in [1.807, 2.05) is 18.2 Å². The quantitative estimate of drug-likeness (QED) is 0.695. The number of nitrogens with one attached hydrogen (secondary N) is 1. The highest BCUT2D eigenvalue weighted by molar-refractivity contribution is 5.85. The average Bonchev–Trinajstić information content (AvgIpc) is 2.07. The minimum absolute atomic E-state index is 0. The lowest BCUT2D eigenvalue weighted by molar-refractivity contribution is 0.292. The van der Waals surface area contributed by atoms with Gasteiger partial charge in [-0.05, 0) is 5.56 Å². The molecule has 0 aromatic heterocycles. The molecule has 0 spiro atoms. The van der Waals surface area contributed by atoms with Crippen molar-refractivity contribution in [1.29, 1.82) is 0 Å². The van der Waals surface area contributed by atoms with E-state index in [0.29, 0.717) is 6.54 Å².